The normalized spacial score (nSPS) is 10.3. The van der Waals surface area contributed by atoms with E-state index in [1.807, 2.05) is 0 Å². The van der Waals surface area contributed by atoms with Crippen molar-refractivity contribution < 1.29 is 9.72 Å². The number of aromatic nitrogens is 2. The third kappa shape index (κ3) is 3.88. The fourth-order valence-corrected chi connectivity index (χ4v) is 2.41. The number of aryl methyl sites for hydroxylation is 1. The van der Waals surface area contributed by atoms with Crippen LogP contribution in [0.2, 0.25) is 0 Å². The van der Waals surface area contributed by atoms with Gasteiger partial charge in [-0.2, -0.15) is 0 Å². The Morgan fingerprint density at radius 3 is 2.95 bits per heavy atom. The van der Waals surface area contributed by atoms with Crippen LogP contribution in [0.3, 0.4) is 0 Å². The molecule has 0 fully saturated rings. The molecule has 0 unspecified atom stereocenters. The van der Waals surface area contributed by atoms with Gasteiger partial charge in [-0.3, -0.25) is 14.9 Å². The van der Waals surface area contributed by atoms with E-state index in [4.69, 9.17) is 0 Å². The molecule has 2 N–H and O–H groups in total. The first-order valence-corrected chi connectivity index (χ1v) is 7.08. The number of imidazole rings is 1. The van der Waals surface area contributed by atoms with Crippen molar-refractivity contribution in [3.8, 4) is 0 Å². The number of hydrogen-bond donors (Lipinski definition) is 2. The number of carbonyl (C=O) groups excluding carboxylic acids is 1. The number of nitrogens with one attached hydrogen (secondary N) is 2. The minimum Gasteiger partial charge on any atom is -0.352 e. The molecule has 1 amide bonds. The lowest BCUT2D eigenvalue weighted by atomic mass is 10.2. The van der Waals surface area contributed by atoms with Gasteiger partial charge in [0.1, 0.15) is 10.3 Å². The van der Waals surface area contributed by atoms with Crippen molar-refractivity contribution in [3.05, 3.63) is 56.6 Å². The van der Waals surface area contributed by atoms with Gasteiger partial charge in [0.25, 0.3) is 11.6 Å². The van der Waals surface area contributed by atoms with Gasteiger partial charge in [0.05, 0.1) is 10.5 Å². The third-order valence-corrected chi connectivity index (χ3v) is 3.68. The first kappa shape index (κ1) is 15.2. The topological polar surface area (TPSA) is 101 Å². The average Bonchev–Trinajstić information content (AvgIpc) is 2.96. The molecule has 0 aliphatic heterocycles. The minimum absolute atomic E-state index is 0.127. The molecule has 8 heteroatoms. The van der Waals surface area contributed by atoms with Crippen molar-refractivity contribution in [2.24, 2.45) is 0 Å². The monoisotopic (exact) mass is 352 g/mol. The van der Waals surface area contributed by atoms with Gasteiger partial charge in [-0.05, 0) is 28.4 Å². The van der Waals surface area contributed by atoms with Crippen molar-refractivity contribution in [1.29, 1.82) is 0 Å². The Bertz CT molecular complexity index is 643. The van der Waals surface area contributed by atoms with Gasteiger partial charge < -0.3 is 10.3 Å². The van der Waals surface area contributed by atoms with Crippen molar-refractivity contribution in [2.45, 2.75) is 12.8 Å². The van der Waals surface area contributed by atoms with E-state index in [1.54, 1.807) is 18.5 Å². The standard InChI is InChI=1S/C13H13BrN4O3/c14-12-9(3-1-4-10(12)18(20)21)13(19)17-6-2-5-11-15-7-8-16-11/h1,3-4,7-8H,2,5-6H2,(H,15,16)(H,17,19). The highest BCUT2D eigenvalue weighted by atomic mass is 79.9. The maximum Gasteiger partial charge on any atom is 0.284 e. The molecular weight excluding hydrogens is 340 g/mol. The summed E-state index contributed by atoms with van der Waals surface area (Å²) in [6.45, 7) is 0.467. The highest BCUT2D eigenvalue weighted by molar-refractivity contribution is 9.10. The Hall–Kier alpha value is -2.22. The number of aromatic amines is 1. The van der Waals surface area contributed by atoms with Gasteiger partial charge in [0, 0.05) is 31.4 Å². The number of nitro groups is 1. The second-order valence-electron chi connectivity index (χ2n) is 4.29. The van der Waals surface area contributed by atoms with Crippen LogP contribution < -0.4 is 5.32 Å². The smallest absolute Gasteiger partial charge is 0.284 e. The molecule has 1 aromatic carbocycles. The number of hydrogen-bond acceptors (Lipinski definition) is 4. The molecule has 2 rings (SSSR count). The first-order chi connectivity index (χ1) is 10.1. The van der Waals surface area contributed by atoms with Crippen LogP contribution in [0, 0.1) is 10.1 Å². The summed E-state index contributed by atoms with van der Waals surface area (Å²) in [6, 6.07) is 4.37. The fourth-order valence-electron chi connectivity index (χ4n) is 1.82. The van der Waals surface area contributed by atoms with Gasteiger partial charge in [-0.25, -0.2) is 4.98 Å². The molecule has 0 radical (unpaired) electrons. The average molecular weight is 353 g/mol. The number of halogens is 1. The van der Waals surface area contributed by atoms with Gasteiger partial charge >= 0.3 is 0 Å². The molecule has 0 saturated carbocycles. The summed E-state index contributed by atoms with van der Waals surface area (Å²) in [5.74, 6) is 0.519. The minimum atomic E-state index is -0.530. The summed E-state index contributed by atoms with van der Waals surface area (Å²) in [7, 11) is 0. The predicted molar refractivity (Wildman–Crippen MR) is 80.0 cm³/mol. The molecule has 1 heterocycles. The molecule has 1 aromatic heterocycles. The lowest BCUT2D eigenvalue weighted by Gasteiger charge is -2.06. The van der Waals surface area contributed by atoms with Gasteiger partial charge in [0.15, 0.2) is 0 Å². The predicted octanol–water partition coefficient (Wildman–Crippen LogP) is 2.44. The molecule has 21 heavy (non-hydrogen) atoms. The van der Waals surface area contributed by atoms with Crippen LogP contribution >= 0.6 is 15.9 Å². The van der Waals surface area contributed by atoms with Crippen molar-refractivity contribution in [1.82, 2.24) is 15.3 Å². The van der Waals surface area contributed by atoms with Crippen LogP contribution in [0.1, 0.15) is 22.6 Å². The Morgan fingerprint density at radius 1 is 1.48 bits per heavy atom. The summed E-state index contributed by atoms with van der Waals surface area (Å²) < 4.78 is 0.193. The lowest BCUT2D eigenvalue weighted by Crippen LogP contribution is -2.25. The Balaban J connectivity index is 1.91. The molecule has 2 aromatic rings. The van der Waals surface area contributed by atoms with Crippen molar-refractivity contribution >= 4 is 27.5 Å². The number of nitro benzene ring substituents is 1. The van der Waals surface area contributed by atoms with Crippen LogP contribution in [0.5, 0.6) is 0 Å². The number of carbonyl (C=O) groups is 1. The SMILES string of the molecule is O=C(NCCCc1ncc[nH]1)c1cccc([N+](=O)[O-])c1Br. The zero-order valence-corrected chi connectivity index (χ0v) is 12.6. The van der Waals surface area contributed by atoms with Crippen LogP contribution in [-0.2, 0) is 6.42 Å². The van der Waals surface area contributed by atoms with Gasteiger partial charge in [-0.15, -0.1) is 0 Å². The molecule has 7 nitrogen and oxygen atoms in total. The lowest BCUT2D eigenvalue weighted by molar-refractivity contribution is -0.385. The number of nitrogens with zero attached hydrogens (tertiary/aromatic N) is 2. The molecule has 0 saturated heterocycles. The van der Waals surface area contributed by atoms with E-state index in [9.17, 15) is 14.9 Å². The molecule has 0 aliphatic rings. The number of H-pyrrole nitrogens is 1. The van der Waals surface area contributed by atoms with Crippen molar-refractivity contribution in [3.63, 3.8) is 0 Å². The van der Waals surface area contributed by atoms with Crippen LogP contribution in [-0.4, -0.2) is 27.3 Å². The molecule has 0 atom stereocenters. The summed E-state index contributed by atoms with van der Waals surface area (Å²) in [5.41, 5.74) is 0.125. The second-order valence-corrected chi connectivity index (χ2v) is 5.08. The van der Waals surface area contributed by atoms with E-state index in [0.717, 1.165) is 18.7 Å². The molecule has 0 spiro atoms. The second kappa shape index (κ2) is 6.98. The first-order valence-electron chi connectivity index (χ1n) is 6.29. The van der Waals surface area contributed by atoms with Crippen LogP contribution in [0.15, 0.2) is 35.1 Å². The van der Waals surface area contributed by atoms with Crippen LogP contribution in [0.4, 0.5) is 5.69 Å². The highest BCUT2D eigenvalue weighted by Gasteiger charge is 2.18. The van der Waals surface area contributed by atoms with Crippen molar-refractivity contribution in [2.75, 3.05) is 6.54 Å². The fraction of sp³-hybridized carbons (Fsp3) is 0.231. The Labute approximate surface area is 129 Å². The molecule has 110 valence electrons. The van der Waals surface area contributed by atoms with E-state index in [-0.39, 0.29) is 21.6 Å². The van der Waals surface area contributed by atoms with Gasteiger partial charge in [-0.1, -0.05) is 6.07 Å². The Morgan fingerprint density at radius 2 is 2.29 bits per heavy atom. The number of benzene rings is 1. The summed E-state index contributed by atoms with van der Waals surface area (Å²) >= 11 is 3.11. The van der Waals surface area contributed by atoms with E-state index in [0.29, 0.717) is 6.54 Å². The van der Waals surface area contributed by atoms with Crippen LogP contribution in [0.25, 0.3) is 0 Å². The van der Waals surface area contributed by atoms with E-state index in [2.05, 4.69) is 31.2 Å². The third-order valence-electron chi connectivity index (χ3n) is 2.85. The summed E-state index contributed by atoms with van der Waals surface area (Å²) in [6.07, 6.45) is 4.87. The quantitative estimate of drug-likeness (QED) is 0.473. The van der Waals surface area contributed by atoms with E-state index < -0.39 is 4.92 Å². The zero-order valence-electron chi connectivity index (χ0n) is 11.0. The zero-order chi connectivity index (χ0) is 15.2. The number of rotatable bonds is 6. The maximum atomic E-state index is 12.0. The summed E-state index contributed by atoms with van der Waals surface area (Å²) in [4.78, 5) is 29.4. The Kier molecular flexibility index (Phi) is 5.04. The molecule has 0 bridgehead atoms. The largest absolute Gasteiger partial charge is 0.352 e. The molecule has 0 aliphatic carbocycles. The van der Waals surface area contributed by atoms with E-state index >= 15 is 0 Å². The highest BCUT2D eigenvalue weighted by Crippen LogP contribution is 2.28. The number of amides is 1. The maximum absolute atomic E-state index is 12.0. The van der Waals surface area contributed by atoms with Gasteiger partial charge in [0.2, 0.25) is 0 Å². The molecular formula is C13H13BrN4O3. The van der Waals surface area contributed by atoms with E-state index in [1.165, 1.54) is 12.1 Å². The summed E-state index contributed by atoms with van der Waals surface area (Å²) in [5, 5.41) is 13.6.